The Hall–Kier alpha value is -1.59. The van der Waals surface area contributed by atoms with E-state index in [4.69, 9.17) is 4.52 Å². The molecule has 0 radical (unpaired) electrons. The molecule has 1 N–H and O–H groups in total. The molecule has 0 aromatic carbocycles. The van der Waals surface area contributed by atoms with Crippen LogP contribution in [0.5, 0.6) is 0 Å². The lowest BCUT2D eigenvalue weighted by atomic mass is 10.1. The Morgan fingerprint density at radius 1 is 1.17 bits per heavy atom. The lowest BCUT2D eigenvalue weighted by Crippen LogP contribution is -2.47. The Morgan fingerprint density at radius 3 is 2.50 bits per heavy atom. The molecule has 6 heteroatoms. The quantitative estimate of drug-likeness (QED) is 0.861. The highest BCUT2D eigenvalue weighted by Crippen LogP contribution is 2.40. The van der Waals surface area contributed by atoms with Gasteiger partial charge in [-0.3, -0.25) is 0 Å². The van der Waals surface area contributed by atoms with Crippen LogP contribution in [-0.4, -0.2) is 33.2 Å². The van der Waals surface area contributed by atoms with Gasteiger partial charge in [0.25, 0.3) is 0 Å². The molecule has 3 fully saturated rings. The van der Waals surface area contributed by atoms with Crippen LogP contribution < -0.4 is 5.32 Å². The summed E-state index contributed by atoms with van der Waals surface area (Å²) in [5.41, 5.74) is 0. The van der Waals surface area contributed by atoms with Crippen molar-refractivity contribution in [3.63, 3.8) is 0 Å². The standard InChI is InChI=1S/C18H28N4O2/c1-11(17-20-16(21-24-17)14-5-3-4-6-14)19-18(23)22(15-9-10-15)12(2)13-7-8-13/h11-15H,3-10H2,1-2H3,(H,19,23)/t11-,12+/m0/s1. The molecule has 0 aliphatic heterocycles. The predicted molar refractivity (Wildman–Crippen MR) is 89.5 cm³/mol. The van der Waals surface area contributed by atoms with E-state index < -0.39 is 0 Å². The minimum absolute atomic E-state index is 0.0185. The van der Waals surface area contributed by atoms with E-state index in [0.29, 0.717) is 29.8 Å². The molecular formula is C18H28N4O2. The largest absolute Gasteiger partial charge is 0.337 e. The van der Waals surface area contributed by atoms with E-state index in [1.165, 1.54) is 25.7 Å². The normalized spacial score (nSPS) is 23.9. The Morgan fingerprint density at radius 2 is 1.88 bits per heavy atom. The number of urea groups is 1. The Labute approximate surface area is 143 Å². The summed E-state index contributed by atoms with van der Waals surface area (Å²) in [7, 11) is 0. The number of nitrogens with zero attached hydrogens (tertiary/aromatic N) is 3. The second-order valence-corrected chi connectivity index (χ2v) is 7.86. The van der Waals surface area contributed by atoms with Crippen LogP contribution in [-0.2, 0) is 0 Å². The van der Waals surface area contributed by atoms with E-state index in [1.54, 1.807) is 0 Å². The van der Waals surface area contributed by atoms with Crippen LogP contribution in [0.25, 0.3) is 0 Å². The van der Waals surface area contributed by atoms with Gasteiger partial charge < -0.3 is 14.7 Å². The van der Waals surface area contributed by atoms with Crippen molar-refractivity contribution in [2.45, 2.75) is 89.3 Å². The fourth-order valence-corrected chi connectivity index (χ4v) is 3.94. The maximum Gasteiger partial charge on any atom is 0.318 e. The fourth-order valence-electron chi connectivity index (χ4n) is 3.94. The van der Waals surface area contributed by atoms with Crippen LogP contribution in [0.4, 0.5) is 4.79 Å². The molecule has 0 unspecified atom stereocenters. The summed E-state index contributed by atoms with van der Waals surface area (Å²) >= 11 is 0. The maximum atomic E-state index is 12.8. The van der Waals surface area contributed by atoms with E-state index in [9.17, 15) is 4.79 Å². The zero-order valence-electron chi connectivity index (χ0n) is 14.7. The number of amides is 2. The molecule has 0 saturated heterocycles. The first-order valence-electron chi connectivity index (χ1n) is 9.56. The molecule has 3 saturated carbocycles. The number of rotatable bonds is 6. The maximum absolute atomic E-state index is 12.8. The third-order valence-corrected chi connectivity index (χ3v) is 5.81. The Kier molecular flexibility index (Phi) is 4.22. The van der Waals surface area contributed by atoms with Gasteiger partial charge in [-0.1, -0.05) is 18.0 Å². The highest BCUT2D eigenvalue weighted by molar-refractivity contribution is 5.75. The highest BCUT2D eigenvalue weighted by atomic mass is 16.5. The molecule has 3 aliphatic carbocycles. The summed E-state index contributed by atoms with van der Waals surface area (Å²) < 4.78 is 5.42. The third-order valence-electron chi connectivity index (χ3n) is 5.81. The molecule has 4 rings (SSSR count). The van der Waals surface area contributed by atoms with Crippen molar-refractivity contribution in [2.24, 2.45) is 5.92 Å². The topological polar surface area (TPSA) is 71.3 Å². The number of aromatic nitrogens is 2. The smallest absolute Gasteiger partial charge is 0.318 e. The lowest BCUT2D eigenvalue weighted by Gasteiger charge is -2.30. The molecule has 1 aromatic rings. The molecule has 1 heterocycles. The first-order chi connectivity index (χ1) is 11.6. The van der Waals surface area contributed by atoms with E-state index in [1.807, 2.05) is 6.92 Å². The second kappa shape index (κ2) is 6.37. The van der Waals surface area contributed by atoms with Crippen molar-refractivity contribution in [3.8, 4) is 0 Å². The first-order valence-corrected chi connectivity index (χ1v) is 9.56. The zero-order valence-corrected chi connectivity index (χ0v) is 14.7. The minimum Gasteiger partial charge on any atom is -0.337 e. The number of carbonyl (C=O) groups is 1. The number of nitrogens with one attached hydrogen (secondary N) is 1. The Bertz CT molecular complexity index is 588. The van der Waals surface area contributed by atoms with E-state index in [0.717, 1.165) is 31.5 Å². The van der Waals surface area contributed by atoms with Gasteiger partial charge in [0.1, 0.15) is 6.04 Å². The van der Waals surface area contributed by atoms with Crippen molar-refractivity contribution < 1.29 is 9.32 Å². The van der Waals surface area contributed by atoms with E-state index >= 15 is 0 Å². The van der Waals surface area contributed by atoms with E-state index in [2.05, 4.69) is 27.3 Å². The second-order valence-electron chi connectivity index (χ2n) is 7.86. The molecule has 0 spiro atoms. The molecule has 2 atom stereocenters. The van der Waals surface area contributed by atoms with Crippen LogP contribution in [0.15, 0.2) is 4.52 Å². The zero-order chi connectivity index (χ0) is 16.7. The van der Waals surface area contributed by atoms with Gasteiger partial charge in [-0.2, -0.15) is 4.98 Å². The van der Waals surface area contributed by atoms with Crippen LogP contribution in [0, 0.1) is 5.92 Å². The van der Waals surface area contributed by atoms with Gasteiger partial charge in [0.05, 0.1) is 0 Å². The van der Waals surface area contributed by atoms with Gasteiger partial charge in [-0.05, 0) is 58.3 Å². The summed E-state index contributed by atoms with van der Waals surface area (Å²) in [5, 5.41) is 7.22. The summed E-state index contributed by atoms with van der Waals surface area (Å²) in [6.45, 7) is 4.11. The molecule has 0 bridgehead atoms. The van der Waals surface area contributed by atoms with Gasteiger partial charge in [0, 0.05) is 18.0 Å². The molecule has 24 heavy (non-hydrogen) atoms. The summed E-state index contributed by atoms with van der Waals surface area (Å²) in [6.07, 6.45) is 9.55. The van der Waals surface area contributed by atoms with Crippen molar-refractivity contribution in [3.05, 3.63) is 11.7 Å². The van der Waals surface area contributed by atoms with Crippen molar-refractivity contribution in [2.75, 3.05) is 0 Å². The minimum atomic E-state index is -0.243. The van der Waals surface area contributed by atoms with Gasteiger partial charge in [0.15, 0.2) is 5.82 Å². The number of carbonyl (C=O) groups excluding carboxylic acids is 1. The SMILES string of the molecule is C[C@H](NC(=O)N(C1CC1)[C@H](C)C1CC1)c1nc(C2CCCC2)no1. The van der Waals surface area contributed by atoms with Gasteiger partial charge in [-0.25, -0.2) is 4.79 Å². The molecule has 6 nitrogen and oxygen atoms in total. The van der Waals surface area contributed by atoms with Crippen molar-refractivity contribution in [1.29, 1.82) is 0 Å². The molecule has 132 valence electrons. The predicted octanol–water partition coefficient (Wildman–Crippen LogP) is 3.76. The number of hydrogen-bond donors (Lipinski definition) is 1. The molecule has 3 aliphatic rings. The fraction of sp³-hybridized carbons (Fsp3) is 0.833. The molecular weight excluding hydrogens is 304 g/mol. The van der Waals surface area contributed by atoms with Gasteiger partial charge in [-0.15, -0.1) is 0 Å². The van der Waals surface area contributed by atoms with Crippen molar-refractivity contribution >= 4 is 6.03 Å². The number of hydrogen-bond acceptors (Lipinski definition) is 4. The first kappa shape index (κ1) is 15.9. The van der Waals surface area contributed by atoms with Crippen LogP contribution in [0.2, 0.25) is 0 Å². The lowest BCUT2D eigenvalue weighted by molar-refractivity contribution is 0.162. The van der Waals surface area contributed by atoms with Crippen LogP contribution >= 0.6 is 0 Å². The monoisotopic (exact) mass is 332 g/mol. The average molecular weight is 332 g/mol. The van der Waals surface area contributed by atoms with Gasteiger partial charge in [0.2, 0.25) is 5.89 Å². The summed E-state index contributed by atoms with van der Waals surface area (Å²) in [5.74, 6) is 2.46. The van der Waals surface area contributed by atoms with Crippen LogP contribution in [0.1, 0.15) is 88.9 Å². The highest BCUT2D eigenvalue weighted by Gasteiger charge is 2.42. The van der Waals surface area contributed by atoms with Crippen LogP contribution in [0.3, 0.4) is 0 Å². The van der Waals surface area contributed by atoms with E-state index in [-0.39, 0.29) is 12.1 Å². The molecule has 2 amide bonds. The molecule has 1 aromatic heterocycles. The third kappa shape index (κ3) is 3.28. The van der Waals surface area contributed by atoms with Gasteiger partial charge >= 0.3 is 6.03 Å². The summed E-state index contributed by atoms with van der Waals surface area (Å²) in [6, 6.07) is 0.531. The summed E-state index contributed by atoms with van der Waals surface area (Å²) in [4.78, 5) is 19.4. The average Bonchev–Trinajstić information content (AvgIpc) is 3.46. The Balaban J connectivity index is 1.39. The van der Waals surface area contributed by atoms with Crippen molar-refractivity contribution in [1.82, 2.24) is 20.4 Å².